The predicted molar refractivity (Wildman–Crippen MR) is 100.0 cm³/mol. The molecule has 0 saturated carbocycles. The fraction of sp³-hybridized carbons (Fsp3) is 0.421. The molecule has 0 bridgehead atoms. The Balaban J connectivity index is 1.58. The number of hydrogen-bond donors (Lipinski definition) is 3. The van der Waals surface area contributed by atoms with E-state index in [0.29, 0.717) is 25.5 Å². The summed E-state index contributed by atoms with van der Waals surface area (Å²) in [5.74, 6) is 0.418. The first kappa shape index (κ1) is 19.9. The Hall–Kier alpha value is -2.81. The number of nitrogens with zero attached hydrogens (tertiary/aromatic N) is 3. The fourth-order valence-corrected chi connectivity index (χ4v) is 2.88. The van der Waals surface area contributed by atoms with Gasteiger partial charge in [0.15, 0.2) is 0 Å². The number of hydrogen-bond acceptors (Lipinski definition) is 5. The van der Waals surface area contributed by atoms with Gasteiger partial charge in [-0.3, -0.25) is 0 Å². The molecular formula is C19H23F2N5O2. The van der Waals surface area contributed by atoms with Gasteiger partial charge >= 0.3 is 6.03 Å². The summed E-state index contributed by atoms with van der Waals surface area (Å²) in [7, 11) is 0. The van der Waals surface area contributed by atoms with Crippen LogP contribution in [0.1, 0.15) is 35.7 Å². The molecule has 28 heavy (non-hydrogen) atoms. The zero-order valence-corrected chi connectivity index (χ0v) is 15.5. The molecule has 0 aliphatic carbocycles. The smallest absolute Gasteiger partial charge is 0.318 e. The number of carbonyl (C=O) groups excluding carboxylic acids is 1. The summed E-state index contributed by atoms with van der Waals surface area (Å²) in [6.45, 7) is 2.95. The van der Waals surface area contributed by atoms with E-state index in [1.165, 1.54) is 12.1 Å². The van der Waals surface area contributed by atoms with Gasteiger partial charge in [0.1, 0.15) is 0 Å². The molecule has 3 rings (SSSR count). The van der Waals surface area contributed by atoms with E-state index in [0.717, 1.165) is 16.8 Å². The highest BCUT2D eigenvalue weighted by atomic mass is 19.3. The number of nitrogens with one attached hydrogen (secondary N) is 2. The molecule has 0 saturated heterocycles. The van der Waals surface area contributed by atoms with Crippen molar-refractivity contribution in [1.29, 1.82) is 0 Å². The maximum Gasteiger partial charge on any atom is 0.318 e. The number of anilines is 1. The molecule has 7 nitrogen and oxygen atoms in total. The summed E-state index contributed by atoms with van der Waals surface area (Å²) in [6.07, 6.45) is -0.102. The number of alkyl halides is 2. The molecule has 1 aromatic heterocycles. The largest absolute Gasteiger partial charge is 0.394 e. The van der Waals surface area contributed by atoms with Gasteiger partial charge < -0.3 is 20.6 Å². The second-order valence-corrected chi connectivity index (χ2v) is 6.77. The van der Waals surface area contributed by atoms with Gasteiger partial charge in [-0.2, -0.15) is 0 Å². The number of amides is 2. The number of aromatic nitrogens is 2. The highest BCUT2D eigenvalue weighted by Gasteiger charge is 2.22. The SMILES string of the molecule is C[C@@H](CO)Nc1ncc2c(n1)CN(C(=O)NCc1ccc(C(F)F)cc1)CC2. The number of rotatable bonds is 6. The molecule has 2 amide bonds. The van der Waals surface area contributed by atoms with Gasteiger partial charge in [0, 0.05) is 30.9 Å². The van der Waals surface area contributed by atoms with E-state index in [-0.39, 0.29) is 30.8 Å². The van der Waals surface area contributed by atoms with Crippen LogP contribution in [0.25, 0.3) is 0 Å². The van der Waals surface area contributed by atoms with Crippen LogP contribution in [0, 0.1) is 0 Å². The van der Waals surface area contributed by atoms with Crippen molar-refractivity contribution in [2.24, 2.45) is 0 Å². The monoisotopic (exact) mass is 391 g/mol. The van der Waals surface area contributed by atoms with Crippen LogP contribution in [-0.2, 0) is 19.5 Å². The third kappa shape index (κ3) is 4.92. The average molecular weight is 391 g/mol. The predicted octanol–water partition coefficient (Wildman–Crippen LogP) is 2.47. The number of aliphatic hydroxyl groups excluding tert-OH is 1. The van der Waals surface area contributed by atoms with Gasteiger partial charge in [-0.1, -0.05) is 24.3 Å². The minimum Gasteiger partial charge on any atom is -0.394 e. The van der Waals surface area contributed by atoms with Crippen molar-refractivity contribution in [3.05, 3.63) is 52.8 Å². The molecule has 2 aromatic rings. The number of carbonyl (C=O) groups is 1. The Kier molecular flexibility index (Phi) is 6.35. The zero-order valence-electron chi connectivity index (χ0n) is 15.5. The lowest BCUT2D eigenvalue weighted by molar-refractivity contribution is 0.151. The number of fused-ring (bicyclic) bond motifs is 1. The minimum atomic E-state index is -2.50. The zero-order chi connectivity index (χ0) is 20.1. The fourth-order valence-electron chi connectivity index (χ4n) is 2.88. The Bertz CT molecular complexity index is 816. The van der Waals surface area contributed by atoms with Gasteiger partial charge in [0.25, 0.3) is 6.43 Å². The van der Waals surface area contributed by atoms with Crippen LogP contribution in [0.15, 0.2) is 30.5 Å². The van der Waals surface area contributed by atoms with Gasteiger partial charge in [-0.05, 0) is 24.5 Å². The first-order valence-corrected chi connectivity index (χ1v) is 9.08. The summed E-state index contributed by atoms with van der Waals surface area (Å²) in [6, 6.07) is 5.49. The third-order valence-corrected chi connectivity index (χ3v) is 4.56. The van der Waals surface area contributed by atoms with E-state index in [2.05, 4.69) is 20.6 Å². The molecule has 2 heterocycles. The van der Waals surface area contributed by atoms with Gasteiger partial charge in [0.2, 0.25) is 5.95 Å². The summed E-state index contributed by atoms with van der Waals surface area (Å²) < 4.78 is 25.2. The lowest BCUT2D eigenvalue weighted by Crippen LogP contribution is -2.42. The quantitative estimate of drug-likeness (QED) is 0.704. The third-order valence-electron chi connectivity index (χ3n) is 4.56. The number of urea groups is 1. The molecule has 0 radical (unpaired) electrons. The summed E-state index contributed by atoms with van der Waals surface area (Å²) in [5.41, 5.74) is 2.48. The van der Waals surface area contributed by atoms with Crippen molar-refractivity contribution >= 4 is 12.0 Å². The number of halogens is 2. The Morgan fingerprint density at radius 2 is 2.07 bits per heavy atom. The highest BCUT2D eigenvalue weighted by Crippen LogP contribution is 2.20. The molecule has 1 aromatic carbocycles. The van der Waals surface area contributed by atoms with Crippen molar-refractivity contribution in [1.82, 2.24) is 20.2 Å². The second kappa shape index (κ2) is 8.92. The highest BCUT2D eigenvalue weighted by molar-refractivity contribution is 5.74. The van der Waals surface area contributed by atoms with Crippen molar-refractivity contribution in [3.63, 3.8) is 0 Å². The maximum absolute atomic E-state index is 12.6. The molecule has 9 heteroatoms. The summed E-state index contributed by atoms with van der Waals surface area (Å²) >= 11 is 0. The average Bonchev–Trinajstić information content (AvgIpc) is 2.71. The maximum atomic E-state index is 12.6. The van der Waals surface area contributed by atoms with Crippen LogP contribution in [0.2, 0.25) is 0 Å². The van der Waals surface area contributed by atoms with Gasteiger partial charge in [-0.25, -0.2) is 23.5 Å². The van der Waals surface area contributed by atoms with E-state index < -0.39 is 6.43 Å². The molecule has 0 unspecified atom stereocenters. The van der Waals surface area contributed by atoms with E-state index in [1.807, 2.05) is 6.92 Å². The topological polar surface area (TPSA) is 90.4 Å². The first-order valence-electron chi connectivity index (χ1n) is 9.08. The van der Waals surface area contributed by atoms with Crippen LogP contribution in [0.3, 0.4) is 0 Å². The lowest BCUT2D eigenvalue weighted by Gasteiger charge is -2.28. The molecule has 3 N–H and O–H groups in total. The minimum absolute atomic E-state index is 0.0345. The lowest BCUT2D eigenvalue weighted by atomic mass is 10.1. The number of benzene rings is 1. The van der Waals surface area contributed by atoms with E-state index >= 15 is 0 Å². The number of aliphatic hydroxyl groups is 1. The normalized spacial score (nSPS) is 14.5. The van der Waals surface area contributed by atoms with E-state index in [1.54, 1.807) is 23.2 Å². The van der Waals surface area contributed by atoms with Crippen LogP contribution >= 0.6 is 0 Å². The summed E-state index contributed by atoms with van der Waals surface area (Å²) in [4.78, 5) is 22.8. The molecule has 1 atom stereocenters. The van der Waals surface area contributed by atoms with Crippen LogP contribution in [0.4, 0.5) is 19.5 Å². The molecule has 0 fully saturated rings. The van der Waals surface area contributed by atoms with Crippen molar-refractivity contribution in [2.75, 3.05) is 18.5 Å². The molecule has 1 aliphatic heterocycles. The Labute approximate surface area is 161 Å². The summed E-state index contributed by atoms with van der Waals surface area (Å²) in [5, 5.41) is 14.9. The Morgan fingerprint density at radius 1 is 1.32 bits per heavy atom. The standard InChI is InChI=1S/C19H23F2N5O2/c1-12(11-27)24-18-22-9-15-6-7-26(10-16(15)25-18)19(28)23-8-13-2-4-14(5-3-13)17(20)21/h2-5,9,12,17,27H,6-8,10-11H2,1H3,(H,23,28)(H,22,24,25)/t12-/m0/s1. The Morgan fingerprint density at radius 3 is 2.75 bits per heavy atom. The van der Waals surface area contributed by atoms with Crippen LogP contribution in [-0.4, -0.2) is 45.2 Å². The van der Waals surface area contributed by atoms with Crippen molar-refractivity contribution in [3.8, 4) is 0 Å². The van der Waals surface area contributed by atoms with Crippen LogP contribution in [0.5, 0.6) is 0 Å². The van der Waals surface area contributed by atoms with Gasteiger partial charge in [0.05, 0.1) is 18.8 Å². The molecule has 150 valence electrons. The molecule has 0 spiro atoms. The van der Waals surface area contributed by atoms with Crippen molar-refractivity contribution < 1.29 is 18.7 Å². The van der Waals surface area contributed by atoms with E-state index in [4.69, 9.17) is 5.11 Å². The van der Waals surface area contributed by atoms with Gasteiger partial charge in [-0.15, -0.1) is 0 Å². The van der Waals surface area contributed by atoms with Crippen molar-refractivity contribution in [2.45, 2.75) is 38.9 Å². The first-order chi connectivity index (χ1) is 13.5. The second-order valence-electron chi connectivity index (χ2n) is 6.77. The van der Waals surface area contributed by atoms with Crippen LogP contribution < -0.4 is 10.6 Å². The molecular weight excluding hydrogens is 368 g/mol. The van der Waals surface area contributed by atoms with E-state index in [9.17, 15) is 13.6 Å². The molecule has 1 aliphatic rings.